The molecule has 0 aliphatic rings. The van der Waals surface area contributed by atoms with Gasteiger partial charge in [0.05, 0.1) is 16.3 Å². The van der Waals surface area contributed by atoms with Gasteiger partial charge in [-0.3, -0.25) is 4.79 Å². The molecule has 0 aliphatic carbocycles. The molecule has 3 aromatic rings. The van der Waals surface area contributed by atoms with Crippen molar-refractivity contribution >= 4 is 63.5 Å². The lowest BCUT2D eigenvalue weighted by Gasteiger charge is -2.16. The number of halogens is 2. The number of anilines is 1. The van der Waals surface area contributed by atoms with Gasteiger partial charge in [-0.15, -0.1) is 0 Å². The summed E-state index contributed by atoms with van der Waals surface area (Å²) >= 11 is 12.2. The van der Waals surface area contributed by atoms with Gasteiger partial charge in [0.2, 0.25) is 0 Å². The number of aromatic carboxylic acids is 1. The Balaban J connectivity index is 1.82. The highest BCUT2D eigenvalue weighted by molar-refractivity contribution is 6.39. The smallest absolute Gasteiger partial charge is 0.356 e. The molecule has 0 aliphatic heterocycles. The summed E-state index contributed by atoms with van der Waals surface area (Å²) in [6, 6.07) is 11.1. The van der Waals surface area contributed by atoms with Gasteiger partial charge in [-0.05, 0) is 41.8 Å². The zero-order valence-electron chi connectivity index (χ0n) is 17.0. The van der Waals surface area contributed by atoms with Crippen molar-refractivity contribution in [3.63, 3.8) is 0 Å². The van der Waals surface area contributed by atoms with Crippen LogP contribution in [0.5, 0.6) is 11.5 Å². The Morgan fingerprint density at radius 1 is 0.912 bits per heavy atom. The highest BCUT2D eigenvalue weighted by Gasteiger charge is 2.29. The minimum atomic E-state index is -2.19. The van der Waals surface area contributed by atoms with Crippen LogP contribution in [0, 0.1) is 0 Å². The number of carbonyl (C=O) groups excluding carboxylic acids is 1. The van der Waals surface area contributed by atoms with Crippen molar-refractivity contribution in [1.82, 2.24) is 0 Å². The molecule has 12 heteroatoms. The molecular formula is C22H15Cl2NO9. The van der Waals surface area contributed by atoms with Gasteiger partial charge >= 0.3 is 17.9 Å². The molecule has 34 heavy (non-hydrogen) atoms. The van der Waals surface area contributed by atoms with Gasteiger partial charge in [-0.1, -0.05) is 35.3 Å². The zero-order valence-corrected chi connectivity index (χ0v) is 18.5. The molecule has 0 atom stereocenters. The first-order valence-corrected chi connectivity index (χ1v) is 10.1. The number of benzene rings is 3. The molecule has 0 bridgehead atoms. The van der Waals surface area contributed by atoms with Crippen LogP contribution in [0.25, 0.3) is 10.8 Å². The van der Waals surface area contributed by atoms with E-state index in [1.54, 1.807) is 0 Å². The van der Waals surface area contributed by atoms with Crippen molar-refractivity contribution in [2.75, 3.05) is 11.9 Å². The highest BCUT2D eigenvalue weighted by atomic mass is 35.5. The van der Waals surface area contributed by atoms with Crippen molar-refractivity contribution in [2.24, 2.45) is 0 Å². The third-order valence-corrected chi connectivity index (χ3v) is 4.91. The normalized spacial score (nSPS) is 10.7. The van der Waals surface area contributed by atoms with E-state index in [2.05, 4.69) is 5.32 Å². The third-order valence-electron chi connectivity index (χ3n) is 4.39. The van der Waals surface area contributed by atoms with Crippen LogP contribution in [0.4, 0.5) is 5.69 Å². The molecule has 0 aromatic heterocycles. The molecule has 4 N–H and O–H groups in total. The summed E-state index contributed by atoms with van der Waals surface area (Å²) < 4.78 is 10.5. The number of para-hydroxylation sites is 2. The van der Waals surface area contributed by atoms with Crippen molar-refractivity contribution in [3.05, 3.63) is 64.1 Å². The molecule has 3 rings (SSSR count). The summed E-state index contributed by atoms with van der Waals surface area (Å²) in [5, 5.41) is 31.0. The van der Waals surface area contributed by atoms with Crippen molar-refractivity contribution in [2.45, 2.75) is 6.10 Å². The molecule has 0 fully saturated rings. The van der Waals surface area contributed by atoms with Gasteiger partial charge in [0.25, 0.3) is 12.0 Å². The molecule has 0 saturated carbocycles. The maximum Gasteiger partial charge on any atom is 0.356 e. The van der Waals surface area contributed by atoms with Crippen LogP contribution in [0.2, 0.25) is 10.0 Å². The number of carbonyl (C=O) groups is 4. The van der Waals surface area contributed by atoms with Crippen LogP contribution in [0.1, 0.15) is 10.4 Å². The van der Waals surface area contributed by atoms with Crippen LogP contribution in [-0.4, -0.2) is 51.8 Å². The summed E-state index contributed by atoms with van der Waals surface area (Å²) in [4.78, 5) is 46.2. The van der Waals surface area contributed by atoms with E-state index in [9.17, 15) is 24.3 Å². The predicted molar refractivity (Wildman–Crippen MR) is 121 cm³/mol. The topological polar surface area (TPSA) is 159 Å². The first-order valence-electron chi connectivity index (χ1n) is 9.37. The summed E-state index contributed by atoms with van der Waals surface area (Å²) in [7, 11) is 0. The number of nitrogens with one attached hydrogen (secondary N) is 1. The average Bonchev–Trinajstić information content (AvgIpc) is 2.75. The number of amides is 1. The number of rotatable bonds is 9. The van der Waals surface area contributed by atoms with E-state index in [1.807, 2.05) is 0 Å². The molecule has 0 unspecified atom stereocenters. The molecule has 0 saturated heterocycles. The van der Waals surface area contributed by atoms with Crippen LogP contribution >= 0.6 is 23.2 Å². The largest absolute Gasteiger partial charge is 0.483 e. The molecule has 0 heterocycles. The fourth-order valence-electron chi connectivity index (χ4n) is 2.96. The van der Waals surface area contributed by atoms with Gasteiger partial charge in [0, 0.05) is 10.4 Å². The van der Waals surface area contributed by atoms with Gasteiger partial charge in [-0.2, -0.15) is 0 Å². The first-order chi connectivity index (χ1) is 16.1. The van der Waals surface area contributed by atoms with E-state index >= 15 is 0 Å². The second-order valence-corrected chi connectivity index (χ2v) is 7.62. The van der Waals surface area contributed by atoms with Crippen molar-refractivity contribution in [1.29, 1.82) is 0 Å². The lowest BCUT2D eigenvalue weighted by molar-refractivity contribution is -0.158. The molecule has 176 valence electrons. The maximum atomic E-state index is 12.5. The summed E-state index contributed by atoms with van der Waals surface area (Å²) in [5.41, 5.74) is -0.120. The maximum absolute atomic E-state index is 12.5. The second-order valence-electron chi connectivity index (χ2n) is 6.77. The van der Waals surface area contributed by atoms with E-state index in [-0.39, 0.29) is 32.8 Å². The molecule has 3 aromatic carbocycles. The summed E-state index contributed by atoms with van der Waals surface area (Å²) in [5.74, 6) is -5.57. The number of hydrogen-bond donors (Lipinski definition) is 4. The van der Waals surface area contributed by atoms with E-state index in [0.717, 1.165) is 0 Å². The fourth-order valence-corrected chi connectivity index (χ4v) is 3.57. The summed E-state index contributed by atoms with van der Waals surface area (Å²) in [6.45, 7) is -0.591. The predicted octanol–water partition coefficient (Wildman–Crippen LogP) is 3.78. The van der Waals surface area contributed by atoms with Crippen LogP contribution in [-0.2, 0) is 14.4 Å². The van der Waals surface area contributed by atoms with Crippen LogP contribution < -0.4 is 14.8 Å². The molecule has 1 amide bonds. The number of fused-ring (bicyclic) bond motifs is 1. The average molecular weight is 508 g/mol. The SMILES string of the molecule is O=C(COc1cc(C(=O)O)cc2cc(Cl)cc(Cl)c12)Nc1ccccc1OC(C(=O)O)C(=O)O. The van der Waals surface area contributed by atoms with E-state index in [1.165, 1.54) is 48.5 Å². The number of carboxylic acid groups (broad SMARTS) is 3. The lowest BCUT2D eigenvalue weighted by Crippen LogP contribution is -2.35. The zero-order chi connectivity index (χ0) is 25.0. The first kappa shape index (κ1) is 24.6. The number of ether oxygens (including phenoxy) is 2. The lowest BCUT2D eigenvalue weighted by atomic mass is 10.1. The number of aliphatic carboxylic acids is 2. The monoisotopic (exact) mass is 507 g/mol. The Hall–Kier alpha value is -4.02. The second kappa shape index (κ2) is 10.3. The summed E-state index contributed by atoms with van der Waals surface area (Å²) in [6.07, 6.45) is -2.19. The molecule has 0 radical (unpaired) electrons. The van der Waals surface area contributed by atoms with Crippen molar-refractivity contribution in [3.8, 4) is 11.5 Å². The van der Waals surface area contributed by atoms with Gasteiger partial charge < -0.3 is 30.1 Å². The Kier molecular flexibility index (Phi) is 7.44. The quantitative estimate of drug-likeness (QED) is 0.316. The van der Waals surface area contributed by atoms with Gasteiger partial charge in [-0.25, -0.2) is 14.4 Å². The van der Waals surface area contributed by atoms with Gasteiger partial charge in [0.1, 0.15) is 11.5 Å². The molecular weight excluding hydrogens is 493 g/mol. The van der Waals surface area contributed by atoms with Crippen LogP contribution in [0.3, 0.4) is 0 Å². The fraction of sp³-hybridized carbons (Fsp3) is 0.0909. The standard InChI is InChI=1S/C22H15Cl2NO9/c23-12-6-10-5-11(20(27)28)7-16(18(10)13(24)8-12)33-9-17(26)25-14-3-1-2-4-15(14)34-19(21(29)30)22(31)32/h1-8,19H,9H2,(H,25,26)(H,27,28)(H,29,30)(H,31,32). The third kappa shape index (κ3) is 5.66. The Morgan fingerprint density at radius 3 is 2.24 bits per heavy atom. The van der Waals surface area contributed by atoms with E-state index in [4.69, 9.17) is 42.9 Å². The number of hydrogen-bond acceptors (Lipinski definition) is 6. The highest BCUT2D eigenvalue weighted by Crippen LogP contribution is 2.36. The van der Waals surface area contributed by atoms with E-state index < -0.39 is 36.5 Å². The van der Waals surface area contributed by atoms with Gasteiger partial charge in [0.15, 0.2) is 6.61 Å². The minimum absolute atomic E-state index is 0.00226. The number of carboxylic acids is 3. The minimum Gasteiger partial charge on any atom is -0.483 e. The Morgan fingerprint density at radius 2 is 1.59 bits per heavy atom. The van der Waals surface area contributed by atoms with Crippen LogP contribution in [0.15, 0.2) is 48.5 Å². The Labute approximate surface area is 201 Å². The molecule has 10 nitrogen and oxygen atoms in total. The Bertz CT molecular complexity index is 1300. The molecule has 0 spiro atoms. The van der Waals surface area contributed by atoms with E-state index in [0.29, 0.717) is 10.8 Å². The van der Waals surface area contributed by atoms with Crippen molar-refractivity contribution < 1.29 is 44.0 Å².